The fraction of sp³-hybridized carbons (Fsp3) is 0.625. The molecule has 0 bridgehead atoms. The van der Waals surface area contributed by atoms with E-state index in [-0.39, 0.29) is 5.60 Å². The van der Waals surface area contributed by atoms with E-state index in [0.29, 0.717) is 17.7 Å². The molecule has 1 saturated heterocycles. The molecular weight excluding hydrogens is 274 g/mol. The van der Waals surface area contributed by atoms with Gasteiger partial charge < -0.3 is 14.8 Å². The van der Waals surface area contributed by atoms with Gasteiger partial charge in [0.2, 0.25) is 0 Å². The van der Waals surface area contributed by atoms with Gasteiger partial charge in [-0.2, -0.15) is 0 Å². The van der Waals surface area contributed by atoms with Crippen LogP contribution in [-0.2, 0) is 4.74 Å². The Hall–Kier alpha value is -0.930. The Morgan fingerprint density at radius 3 is 2.90 bits per heavy atom. The Morgan fingerprint density at radius 1 is 1.45 bits per heavy atom. The smallest absolute Gasteiger partial charge is 0.138 e. The number of hydrogen-bond acceptors (Lipinski definition) is 3. The summed E-state index contributed by atoms with van der Waals surface area (Å²) < 4.78 is 11.3. The highest BCUT2D eigenvalue weighted by molar-refractivity contribution is 6.32. The molecule has 1 aromatic rings. The summed E-state index contributed by atoms with van der Waals surface area (Å²) in [6, 6.07) is 6.32. The second-order valence-corrected chi connectivity index (χ2v) is 5.97. The van der Waals surface area contributed by atoms with E-state index >= 15 is 0 Å². The maximum atomic E-state index is 6.22. The first-order valence-corrected chi connectivity index (χ1v) is 7.77. The van der Waals surface area contributed by atoms with E-state index in [9.17, 15) is 0 Å². The van der Waals surface area contributed by atoms with Crippen molar-refractivity contribution in [3.8, 4) is 5.75 Å². The van der Waals surface area contributed by atoms with Gasteiger partial charge >= 0.3 is 0 Å². The lowest BCUT2D eigenvalue weighted by molar-refractivity contribution is -0.0708. The molecule has 2 rings (SSSR count). The molecule has 0 aromatic heterocycles. The molecule has 1 aromatic carbocycles. The van der Waals surface area contributed by atoms with Gasteiger partial charge in [0.25, 0.3) is 0 Å². The van der Waals surface area contributed by atoms with Gasteiger partial charge in [-0.25, -0.2) is 0 Å². The van der Waals surface area contributed by atoms with Gasteiger partial charge in [0, 0.05) is 18.3 Å². The lowest BCUT2D eigenvalue weighted by Gasteiger charge is -2.38. The minimum absolute atomic E-state index is 0.00895. The van der Waals surface area contributed by atoms with Crippen LogP contribution < -0.4 is 10.1 Å². The second kappa shape index (κ2) is 6.68. The topological polar surface area (TPSA) is 30.5 Å². The summed E-state index contributed by atoms with van der Waals surface area (Å²) in [6.07, 6.45) is 3.09. The van der Waals surface area contributed by atoms with Gasteiger partial charge in [-0.3, -0.25) is 0 Å². The monoisotopic (exact) mass is 297 g/mol. The molecule has 1 N–H and O–H groups in total. The average molecular weight is 298 g/mol. The Kier molecular flexibility index (Phi) is 5.17. The molecule has 3 nitrogen and oxygen atoms in total. The number of ether oxygens (including phenoxy) is 2. The molecule has 112 valence electrons. The molecule has 2 atom stereocenters. The van der Waals surface area contributed by atoms with Gasteiger partial charge in [0.05, 0.1) is 17.2 Å². The van der Waals surface area contributed by atoms with Crippen molar-refractivity contribution in [2.75, 3.05) is 18.5 Å². The lowest BCUT2D eigenvalue weighted by atomic mass is 9.90. The van der Waals surface area contributed by atoms with Crippen molar-refractivity contribution in [2.24, 2.45) is 0 Å². The molecule has 1 fully saturated rings. The quantitative estimate of drug-likeness (QED) is 0.868. The summed E-state index contributed by atoms with van der Waals surface area (Å²) in [5, 5.41) is 4.22. The van der Waals surface area contributed by atoms with Gasteiger partial charge in [0.15, 0.2) is 0 Å². The van der Waals surface area contributed by atoms with Crippen LogP contribution in [0.2, 0.25) is 5.02 Å². The first kappa shape index (κ1) is 15.5. The van der Waals surface area contributed by atoms with E-state index in [2.05, 4.69) is 19.2 Å². The summed E-state index contributed by atoms with van der Waals surface area (Å²) in [5.74, 6) is 0.741. The van der Waals surface area contributed by atoms with Gasteiger partial charge in [-0.15, -0.1) is 0 Å². The normalized spacial score (nSPS) is 26.3. The highest BCUT2D eigenvalue weighted by atomic mass is 35.5. The second-order valence-electron chi connectivity index (χ2n) is 5.56. The molecule has 2 unspecified atom stereocenters. The van der Waals surface area contributed by atoms with Gasteiger partial charge in [-0.1, -0.05) is 18.5 Å². The first-order chi connectivity index (χ1) is 9.56. The molecule has 1 heterocycles. The number of benzene rings is 1. The highest BCUT2D eigenvalue weighted by Crippen LogP contribution is 2.32. The van der Waals surface area contributed by atoms with Crippen molar-refractivity contribution < 1.29 is 9.47 Å². The van der Waals surface area contributed by atoms with Gasteiger partial charge in [-0.05, 0) is 51.3 Å². The van der Waals surface area contributed by atoms with Crippen molar-refractivity contribution in [3.63, 3.8) is 0 Å². The zero-order valence-electron chi connectivity index (χ0n) is 12.5. The summed E-state index contributed by atoms with van der Waals surface area (Å²) in [4.78, 5) is 0. The van der Waals surface area contributed by atoms with Crippen LogP contribution in [0.25, 0.3) is 0 Å². The Bertz CT molecular complexity index is 452. The number of hydrogen-bond donors (Lipinski definition) is 1. The Labute approximate surface area is 126 Å². The number of nitrogens with one attached hydrogen (secondary N) is 1. The predicted octanol–water partition coefficient (Wildman–Crippen LogP) is 4.50. The summed E-state index contributed by atoms with van der Waals surface area (Å²) in [7, 11) is 0. The molecule has 0 radical (unpaired) electrons. The predicted molar refractivity (Wildman–Crippen MR) is 83.9 cm³/mol. The zero-order chi connectivity index (χ0) is 14.6. The van der Waals surface area contributed by atoms with Crippen molar-refractivity contribution >= 4 is 17.3 Å². The van der Waals surface area contributed by atoms with Crippen LogP contribution in [0.5, 0.6) is 5.75 Å². The largest absolute Gasteiger partial charge is 0.492 e. The zero-order valence-corrected chi connectivity index (χ0v) is 13.3. The van der Waals surface area contributed by atoms with Crippen molar-refractivity contribution in [1.29, 1.82) is 0 Å². The third-order valence-electron chi connectivity index (χ3n) is 3.95. The van der Waals surface area contributed by atoms with E-state index in [1.54, 1.807) is 0 Å². The van der Waals surface area contributed by atoms with E-state index < -0.39 is 0 Å². The number of anilines is 1. The fourth-order valence-electron chi connectivity index (χ4n) is 2.60. The van der Waals surface area contributed by atoms with Crippen LogP contribution in [0.3, 0.4) is 0 Å². The fourth-order valence-corrected chi connectivity index (χ4v) is 2.83. The molecule has 0 amide bonds. The lowest BCUT2D eigenvalue weighted by Crippen LogP contribution is -2.41. The SMILES string of the molecule is CCOc1ccc(NC2CCOC(C)(CC)C2)cc1Cl. The van der Waals surface area contributed by atoms with Crippen LogP contribution in [-0.4, -0.2) is 24.9 Å². The molecule has 0 aliphatic carbocycles. The summed E-state index contributed by atoms with van der Waals surface area (Å²) in [5.41, 5.74) is 1.04. The Balaban J connectivity index is 2.01. The van der Waals surface area contributed by atoms with Crippen molar-refractivity contribution in [2.45, 2.75) is 51.7 Å². The van der Waals surface area contributed by atoms with E-state index in [4.69, 9.17) is 21.1 Å². The number of rotatable bonds is 5. The summed E-state index contributed by atoms with van der Waals surface area (Å²) in [6.45, 7) is 7.76. The number of halogens is 1. The van der Waals surface area contributed by atoms with Crippen LogP contribution in [0.4, 0.5) is 5.69 Å². The van der Waals surface area contributed by atoms with E-state index in [1.807, 2.05) is 25.1 Å². The molecular formula is C16H24ClNO2. The third kappa shape index (κ3) is 3.80. The van der Waals surface area contributed by atoms with Crippen molar-refractivity contribution in [3.05, 3.63) is 23.2 Å². The van der Waals surface area contributed by atoms with E-state index in [1.165, 1.54) is 0 Å². The molecule has 0 spiro atoms. The molecule has 0 saturated carbocycles. The van der Waals surface area contributed by atoms with Crippen LogP contribution in [0.1, 0.15) is 40.0 Å². The van der Waals surface area contributed by atoms with Gasteiger partial charge in [0.1, 0.15) is 5.75 Å². The first-order valence-electron chi connectivity index (χ1n) is 7.39. The van der Waals surface area contributed by atoms with Crippen molar-refractivity contribution in [1.82, 2.24) is 0 Å². The minimum atomic E-state index is -0.00895. The van der Waals surface area contributed by atoms with Crippen LogP contribution in [0.15, 0.2) is 18.2 Å². The molecule has 20 heavy (non-hydrogen) atoms. The minimum Gasteiger partial charge on any atom is -0.492 e. The molecule has 1 aliphatic heterocycles. The van der Waals surface area contributed by atoms with E-state index in [0.717, 1.165) is 37.3 Å². The standard InChI is InChI=1S/C16H24ClNO2/c1-4-16(3)11-13(8-9-20-16)18-12-6-7-15(19-5-2)14(17)10-12/h6-7,10,13,18H,4-5,8-9,11H2,1-3H3. The van der Waals surface area contributed by atoms with Crippen LogP contribution in [0, 0.1) is 0 Å². The molecule has 1 aliphatic rings. The maximum absolute atomic E-state index is 6.22. The maximum Gasteiger partial charge on any atom is 0.138 e. The third-order valence-corrected chi connectivity index (χ3v) is 4.24. The highest BCUT2D eigenvalue weighted by Gasteiger charge is 2.31. The average Bonchev–Trinajstić information content (AvgIpc) is 2.42. The Morgan fingerprint density at radius 2 is 2.25 bits per heavy atom. The van der Waals surface area contributed by atoms with Crippen LogP contribution >= 0.6 is 11.6 Å². The molecule has 4 heteroatoms. The summed E-state index contributed by atoms with van der Waals surface area (Å²) >= 11 is 6.22.